The van der Waals surface area contributed by atoms with Gasteiger partial charge in [-0.15, -0.1) is 36.2 Å². The van der Waals surface area contributed by atoms with Crippen molar-refractivity contribution < 1.29 is 4.79 Å². The van der Waals surface area contributed by atoms with Crippen molar-refractivity contribution in [3.05, 3.63) is 69.9 Å². The summed E-state index contributed by atoms with van der Waals surface area (Å²) in [6.45, 7) is 4.06. The van der Waals surface area contributed by atoms with Crippen molar-refractivity contribution >= 4 is 53.7 Å². The standard InChI is InChI=1S/C20H19ClN4OS.2ClH/c1-13-18(27-19(24-13)14-4-6-16(21)7-5-14)20(26)25-10-9-23-12-17(25)15-3-2-8-22-11-15;;/h2-8,11,17,23H,9-10,12H2,1H3;2*1H. The van der Waals surface area contributed by atoms with E-state index < -0.39 is 0 Å². The molecule has 1 amide bonds. The largest absolute Gasteiger partial charge is 0.328 e. The third kappa shape index (κ3) is 5.08. The fraction of sp³-hybridized carbons (Fsp3) is 0.250. The molecule has 1 aliphatic heterocycles. The van der Waals surface area contributed by atoms with E-state index in [0.717, 1.165) is 34.9 Å². The number of aryl methyl sites for hydroxylation is 1. The zero-order valence-corrected chi connectivity index (χ0v) is 18.9. The number of piperazine rings is 1. The summed E-state index contributed by atoms with van der Waals surface area (Å²) in [4.78, 5) is 24.8. The second-order valence-electron chi connectivity index (χ2n) is 6.45. The molecule has 2 aromatic heterocycles. The number of thiazole rings is 1. The summed E-state index contributed by atoms with van der Waals surface area (Å²) in [5.74, 6) is 0.0283. The summed E-state index contributed by atoms with van der Waals surface area (Å²) in [7, 11) is 0. The molecule has 9 heteroatoms. The molecule has 1 saturated heterocycles. The molecular weight excluding hydrogens is 451 g/mol. The summed E-state index contributed by atoms with van der Waals surface area (Å²) >= 11 is 7.41. The van der Waals surface area contributed by atoms with Crippen LogP contribution >= 0.6 is 47.8 Å². The highest BCUT2D eigenvalue weighted by molar-refractivity contribution is 7.17. The van der Waals surface area contributed by atoms with E-state index in [9.17, 15) is 4.79 Å². The van der Waals surface area contributed by atoms with Gasteiger partial charge in [-0.05, 0) is 30.7 Å². The maximum atomic E-state index is 13.3. The Morgan fingerprint density at radius 1 is 1.24 bits per heavy atom. The molecule has 1 atom stereocenters. The predicted octanol–water partition coefficient (Wildman–Crippen LogP) is 4.80. The van der Waals surface area contributed by atoms with Crippen LogP contribution in [0.15, 0.2) is 48.8 Å². The number of amides is 1. The van der Waals surface area contributed by atoms with Gasteiger partial charge < -0.3 is 10.2 Å². The zero-order chi connectivity index (χ0) is 18.8. The minimum atomic E-state index is -0.0274. The highest BCUT2D eigenvalue weighted by Gasteiger charge is 2.31. The van der Waals surface area contributed by atoms with Gasteiger partial charge in [-0.1, -0.05) is 29.8 Å². The minimum Gasteiger partial charge on any atom is -0.328 e. The Morgan fingerprint density at radius 2 is 2.00 bits per heavy atom. The molecule has 1 aliphatic rings. The van der Waals surface area contributed by atoms with Crippen LogP contribution in [0.4, 0.5) is 0 Å². The van der Waals surface area contributed by atoms with Crippen LogP contribution in [0.25, 0.3) is 10.6 Å². The number of hydrogen-bond donors (Lipinski definition) is 1. The van der Waals surface area contributed by atoms with Crippen LogP contribution < -0.4 is 5.32 Å². The van der Waals surface area contributed by atoms with Crippen LogP contribution in [0.3, 0.4) is 0 Å². The molecule has 0 saturated carbocycles. The summed E-state index contributed by atoms with van der Waals surface area (Å²) in [5, 5.41) is 4.89. The lowest BCUT2D eigenvalue weighted by atomic mass is 10.0. The fourth-order valence-corrected chi connectivity index (χ4v) is 4.41. The lowest BCUT2D eigenvalue weighted by Gasteiger charge is -2.36. The Balaban J connectivity index is 0.00000150. The Labute approximate surface area is 191 Å². The van der Waals surface area contributed by atoms with Crippen LogP contribution in [0.5, 0.6) is 0 Å². The topological polar surface area (TPSA) is 58.1 Å². The van der Waals surface area contributed by atoms with Crippen LogP contribution in [0.1, 0.15) is 27.0 Å². The number of halogens is 3. The Morgan fingerprint density at radius 3 is 2.69 bits per heavy atom. The first kappa shape index (κ1) is 23.6. The third-order valence-corrected chi connectivity index (χ3v) is 6.10. The van der Waals surface area contributed by atoms with E-state index in [1.54, 1.807) is 6.20 Å². The van der Waals surface area contributed by atoms with Crippen LogP contribution in [-0.4, -0.2) is 40.4 Å². The molecule has 0 spiro atoms. The monoisotopic (exact) mass is 470 g/mol. The van der Waals surface area contributed by atoms with E-state index in [2.05, 4.69) is 15.3 Å². The molecular formula is C20H21Cl3N4OS. The molecule has 3 aromatic rings. The number of carbonyl (C=O) groups excluding carboxylic acids is 1. The van der Waals surface area contributed by atoms with E-state index in [-0.39, 0.29) is 36.8 Å². The van der Waals surface area contributed by atoms with Crippen molar-refractivity contribution in [2.24, 2.45) is 0 Å². The summed E-state index contributed by atoms with van der Waals surface area (Å²) < 4.78 is 0. The zero-order valence-electron chi connectivity index (χ0n) is 15.7. The molecule has 5 nitrogen and oxygen atoms in total. The molecule has 0 aliphatic carbocycles. The predicted molar refractivity (Wildman–Crippen MR) is 123 cm³/mol. The lowest BCUT2D eigenvalue weighted by Crippen LogP contribution is -2.48. The normalized spacial score (nSPS) is 15.9. The Hall–Kier alpha value is -1.70. The van der Waals surface area contributed by atoms with Gasteiger partial charge in [0.1, 0.15) is 9.88 Å². The lowest BCUT2D eigenvalue weighted by molar-refractivity contribution is 0.0638. The molecule has 1 N–H and O–H groups in total. The first-order valence-electron chi connectivity index (χ1n) is 8.78. The quantitative estimate of drug-likeness (QED) is 0.596. The maximum absolute atomic E-state index is 13.3. The van der Waals surface area contributed by atoms with Gasteiger partial charge in [0.25, 0.3) is 5.91 Å². The number of hydrogen-bond acceptors (Lipinski definition) is 5. The number of pyridine rings is 1. The van der Waals surface area contributed by atoms with E-state index >= 15 is 0 Å². The first-order valence-corrected chi connectivity index (χ1v) is 9.98. The molecule has 1 aromatic carbocycles. The van der Waals surface area contributed by atoms with Gasteiger partial charge in [-0.2, -0.15) is 0 Å². The van der Waals surface area contributed by atoms with E-state index in [1.165, 1.54) is 11.3 Å². The minimum absolute atomic E-state index is 0. The average molecular weight is 472 g/mol. The van der Waals surface area contributed by atoms with E-state index in [0.29, 0.717) is 16.4 Å². The van der Waals surface area contributed by atoms with Gasteiger partial charge >= 0.3 is 0 Å². The summed E-state index contributed by atoms with van der Waals surface area (Å²) in [6, 6.07) is 11.4. The molecule has 1 unspecified atom stereocenters. The second-order valence-corrected chi connectivity index (χ2v) is 7.88. The Bertz CT molecular complexity index is 950. The summed E-state index contributed by atoms with van der Waals surface area (Å²) in [5.41, 5.74) is 2.77. The van der Waals surface area contributed by atoms with Gasteiger partial charge in [-0.25, -0.2) is 4.98 Å². The fourth-order valence-electron chi connectivity index (χ4n) is 3.26. The third-order valence-electron chi connectivity index (χ3n) is 4.66. The highest BCUT2D eigenvalue weighted by Crippen LogP contribution is 2.32. The SMILES string of the molecule is Cc1nc(-c2ccc(Cl)cc2)sc1C(=O)N1CCNCC1c1cccnc1.Cl.Cl. The number of rotatable bonds is 3. The smallest absolute Gasteiger partial charge is 0.266 e. The van der Waals surface area contributed by atoms with E-state index in [4.69, 9.17) is 11.6 Å². The van der Waals surface area contributed by atoms with Crippen LogP contribution in [-0.2, 0) is 0 Å². The molecule has 154 valence electrons. The van der Waals surface area contributed by atoms with Gasteiger partial charge in [0.2, 0.25) is 0 Å². The average Bonchev–Trinajstić information content (AvgIpc) is 3.10. The number of nitrogens with zero attached hydrogens (tertiary/aromatic N) is 3. The highest BCUT2D eigenvalue weighted by atomic mass is 35.5. The number of nitrogens with one attached hydrogen (secondary N) is 1. The van der Waals surface area contributed by atoms with Crippen molar-refractivity contribution in [1.29, 1.82) is 0 Å². The molecule has 1 fully saturated rings. The van der Waals surface area contributed by atoms with Crippen molar-refractivity contribution in [3.8, 4) is 10.6 Å². The first-order chi connectivity index (χ1) is 13.1. The molecule has 0 radical (unpaired) electrons. The molecule has 0 bridgehead atoms. The van der Waals surface area contributed by atoms with Gasteiger partial charge in [0.05, 0.1) is 11.7 Å². The number of aromatic nitrogens is 2. The second kappa shape index (κ2) is 10.4. The van der Waals surface area contributed by atoms with Crippen molar-refractivity contribution in [2.75, 3.05) is 19.6 Å². The van der Waals surface area contributed by atoms with Crippen molar-refractivity contribution in [3.63, 3.8) is 0 Å². The summed E-state index contributed by atoms with van der Waals surface area (Å²) in [6.07, 6.45) is 3.58. The van der Waals surface area contributed by atoms with E-state index in [1.807, 2.05) is 54.4 Å². The van der Waals surface area contributed by atoms with Gasteiger partial charge in [0.15, 0.2) is 0 Å². The number of benzene rings is 1. The van der Waals surface area contributed by atoms with Crippen molar-refractivity contribution in [1.82, 2.24) is 20.2 Å². The molecule has 3 heterocycles. The van der Waals surface area contributed by atoms with Crippen LogP contribution in [0.2, 0.25) is 5.02 Å². The van der Waals surface area contributed by atoms with Crippen molar-refractivity contribution in [2.45, 2.75) is 13.0 Å². The molecule has 4 rings (SSSR count). The Kier molecular flexibility index (Phi) is 8.43. The number of carbonyl (C=O) groups is 1. The van der Waals surface area contributed by atoms with Crippen LogP contribution in [0, 0.1) is 6.92 Å². The van der Waals surface area contributed by atoms with Gasteiger partial charge in [0, 0.05) is 42.6 Å². The molecule has 29 heavy (non-hydrogen) atoms. The maximum Gasteiger partial charge on any atom is 0.266 e. The van der Waals surface area contributed by atoms with Gasteiger partial charge in [-0.3, -0.25) is 9.78 Å².